The van der Waals surface area contributed by atoms with Gasteiger partial charge in [-0.25, -0.2) is 4.98 Å². The van der Waals surface area contributed by atoms with Gasteiger partial charge in [0.2, 0.25) is 5.91 Å². The van der Waals surface area contributed by atoms with E-state index in [1.54, 1.807) is 36.5 Å². The lowest BCUT2D eigenvalue weighted by Gasteiger charge is -2.22. The fourth-order valence-electron chi connectivity index (χ4n) is 3.49. The molecule has 0 spiro atoms. The predicted octanol–water partition coefficient (Wildman–Crippen LogP) is 3.20. The Morgan fingerprint density at radius 2 is 2.03 bits per heavy atom. The maximum atomic E-state index is 13.1. The van der Waals surface area contributed by atoms with Crippen LogP contribution in [0.4, 0.5) is 0 Å². The van der Waals surface area contributed by atoms with E-state index in [1.807, 2.05) is 31.2 Å². The number of nitrogens with zero attached hydrogens (tertiary/aromatic N) is 2. The molecule has 154 valence electrons. The zero-order valence-electron chi connectivity index (χ0n) is 17.0. The second kappa shape index (κ2) is 8.51. The molecule has 2 heterocycles. The lowest BCUT2D eigenvalue weighted by atomic mass is 10.1. The Kier molecular flexibility index (Phi) is 5.63. The summed E-state index contributed by atoms with van der Waals surface area (Å²) >= 11 is 0. The molecule has 0 fully saturated rings. The number of nitrogens with one attached hydrogen (secondary N) is 1. The van der Waals surface area contributed by atoms with Crippen LogP contribution in [0.2, 0.25) is 0 Å². The van der Waals surface area contributed by atoms with Crippen molar-refractivity contribution in [2.75, 3.05) is 20.3 Å². The van der Waals surface area contributed by atoms with E-state index in [-0.39, 0.29) is 24.4 Å². The Bertz CT molecular complexity index is 1260. The van der Waals surface area contributed by atoms with E-state index in [0.29, 0.717) is 29.9 Å². The molecule has 0 saturated carbocycles. The molecule has 30 heavy (non-hydrogen) atoms. The summed E-state index contributed by atoms with van der Waals surface area (Å²) in [7, 11) is 1.59. The number of aromatic amines is 1. The van der Waals surface area contributed by atoms with Crippen molar-refractivity contribution in [3.05, 3.63) is 76.0 Å². The normalized spacial score (nSPS) is 11.3. The molecule has 0 aliphatic rings. The fourth-order valence-corrected chi connectivity index (χ4v) is 3.49. The second-order valence-corrected chi connectivity index (χ2v) is 7.28. The number of aromatic nitrogens is 2. The van der Waals surface area contributed by atoms with Crippen LogP contribution in [0.5, 0.6) is 0 Å². The molecule has 7 heteroatoms. The number of carbonyl (C=O) groups excluding carboxylic acids is 1. The highest BCUT2D eigenvalue weighted by Gasteiger charge is 2.18. The Balaban J connectivity index is 1.58. The lowest BCUT2D eigenvalue weighted by molar-refractivity contribution is -0.131. The molecule has 0 atom stereocenters. The van der Waals surface area contributed by atoms with Crippen molar-refractivity contribution in [2.45, 2.75) is 19.9 Å². The molecular formula is C23H23N3O4. The van der Waals surface area contributed by atoms with E-state index >= 15 is 0 Å². The molecule has 0 aliphatic carbocycles. The van der Waals surface area contributed by atoms with Gasteiger partial charge < -0.3 is 19.0 Å². The molecule has 1 amide bonds. The largest absolute Gasteiger partial charge is 0.464 e. The van der Waals surface area contributed by atoms with Crippen LogP contribution in [-0.2, 0) is 22.5 Å². The van der Waals surface area contributed by atoms with E-state index in [1.165, 1.54) is 0 Å². The quantitative estimate of drug-likeness (QED) is 0.510. The van der Waals surface area contributed by atoms with Crippen molar-refractivity contribution in [3.63, 3.8) is 0 Å². The molecule has 1 N–H and O–H groups in total. The third kappa shape index (κ3) is 4.11. The molecule has 0 bridgehead atoms. The number of amides is 1. The van der Waals surface area contributed by atoms with Crippen molar-refractivity contribution in [2.24, 2.45) is 0 Å². The first-order valence-corrected chi connectivity index (χ1v) is 9.76. The van der Waals surface area contributed by atoms with E-state index < -0.39 is 0 Å². The Hall–Kier alpha value is -3.45. The van der Waals surface area contributed by atoms with E-state index in [0.717, 1.165) is 22.1 Å². The summed E-state index contributed by atoms with van der Waals surface area (Å²) in [6.07, 6.45) is 1.82. The average molecular weight is 405 g/mol. The topological polar surface area (TPSA) is 88.4 Å². The number of methoxy groups -OCH3 is 1. The number of furan rings is 1. The van der Waals surface area contributed by atoms with E-state index in [2.05, 4.69) is 9.97 Å². The highest BCUT2D eigenvalue weighted by atomic mass is 16.5. The Labute approximate surface area is 173 Å². The van der Waals surface area contributed by atoms with Crippen LogP contribution >= 0.6 is 0 Å². The van der Waals surface area contributed by atoms with Gasteiger partial charge in [0.15, 0.2) is 0 Å². The van der Waals surface area contributed by atoms with Crippen LogP contribution in [0.15, 0.2) is 57.9 Å². The van der Waals surface area contributed by atoms with Gasteiger partial charge in [0.1, 0.15) is 11.4 Å². The molecule has 4 rings (SSSR count). The smallest absolute Gasteiger partial charge is 0.258 e. The van der Waals surface area contributed by atoms with Gasteiger partial charge in [0.25, 0.3) is 5.56 Å². The summed E-state index contributed by atoms with van der Waals surface area (Å²) < 4.78 is 10.8. The number of aryl methyl sites for hydroxylation is 1. The number of hydrogen-bond donors (Lipinski definition) is 1. The number of ether oxygens (including phenoxy) is 1. The Morgan fingerprint density at radius 3 is 2.87 bits per heavy atom. The van der Waals surface area contributed by atoms with Crippen molar-refractivity contribution >= 4 is 27.8 Å². The predicted molar refractivity (Wildman–Crippen MR) is 114 cm³/mol. The van der Waals surface area contributed by atoms with Crippen molar-refractivity contribution in [3.8, 4) is 0 Å². The molecule has 0 saturated heterocycles. The summed E-state index contributed by atoms with van der Waals surface area (Å²) in [4.78, 5) is 34.4. The SMILES string of the molecule is COCCN(Cc1nc2ccccc2c(=O)[nH]1)C(=O)Cc1coc2cc(C)ccc12. The van der Waals surface area contributed by atoms with Crippen LogP contribution in [0.1, 0.15) is 17.0 Å². The van der Waals surface area contributed by atoms with Crippen molar-refractivity contribution < 1.29 is 13.9 Å². The van der Waals surface area contributed by atoms with Crippen molar-refractivity contribution in [1.82, 2.24) is 14.9 Å². The summed E-state index contributed by atoms with van der Waals surface area (Å²) in [5.41, 5.74) is 3.08. The minimum atomic E-state index is -0.217. The monoisotopic (exact) mass is 405 g/mol. The first-order valence-electron chi connectivity index (χ1n) is 9.76. The second-order valence-electron chi connectivity index (χ2n) is 7.28. The zero-order valence-corrected chi connectivity index (χ0v) is 17.0. The van der Waals surface area contributed by atoms with Crippen LogP contribution in [0.3, 0.4) is 0 Å². The molecule has 0 aliphatic heterocycles. The number of H-pyrrole nitrogens is 1. The number of fused-ring (bicyclic) bond motifs is 2. The van der Waals surface area contributed by atoms with Crippen LogP contribution in [0, 0.1) is 6.92 Å². The summed E-state index contributed by atoms with van der Waals surface area (Å²) in [6.45, 7) is 2.96. The maximum Gasteiger partial charge on any atom is 0.258 e. The number of benzene rings is 2. The average Bonchev–Trinajstić information content (AvgIpc) is 3.12. The number of para-hydroxylation sites is 1. The standard InChI is InChI=1S/C23H23N3O4/c1-15-7-8-17-16(14-30-20(17)11-15)12-22(27)26(9-10-29-2)13-21-24-19-6-4-3-5-18(19)23(28)25-21/h3-8,11,14H,9-10,12-13H2,1-2H3,(H,24,25,28). The Morgan fingerprint density at radius 1 is 1.20 bits per heavy atom. The summed E-state index contributed by atoms with van der Waals surface area (Å²) in [5.74, 6) is 0.349. The maximum absolute atomic E-state index is 13.1. The van der Waals surface area contributed by atoms with Crippen LogP contribution in [0.25, 0.3) is 21.9 Å². The van der Waals surface area contributed by atoms with Gasteiger partial charge in [0.05, 0.1) is 36.7 Å². The highest BCUT2D eigenvalue weighted by Crippen LogP contribution is 2.23. The van der Waals surface area contributed by atoms with E-state index in [9.17, 15) is 9.59 Å². The molecule has 0 unspecified atom stereocenters. The van der Waals surface area contributed by atoms with Gasteiger partial charge in [-0.1, -0.05) is 24.3 Å². The molecular weight excluding hydrogens is 382 g/mol. The van der Waals surface area contributed by atoms with E-state index in [4.69, 9.17) is 9.15 Å². The summed E-state index contributed by atoms with van der Waals surface area (Å²) in [6, 6.07) is 13.1. The molecule has 2 aromatic carbocycles. The molecule has 2 aromatic heterocycles. The van der Waals surface area contributed by atoms with Gasteiger partial charge in [-0.05, 0) is 30.7 Å². The van der Waals surface area contributed by atoms with Crippen LogP contribution < -0.4 is 5.56 Å². The third-order valence-electron chi connectivity index (χ3n) is 5.07. The van der Waals surface area contributed by atoms with Crippen LogP contribution in [-0.4, -0.2) is 41.0 Å². The van der Waals surface area contributed by atoms with Gasteiger partial charge in [-0.15, -0.1) is 0 Å². The molecule has 0 radical (unpaired) electrons. The minimum Gasteiger partial charge on any atom is -0.464 e. The first kappa shape index (κ1) is 19.8. The molecule has 4 aromatic rings. The van der Waals surface area contributed by atoms with Crippen molar-refractivity contribution in [1.29, 1.82) is 0 Å². The number of hydrogen-bond acceptors (Lipinski definition) is 5. The third-order valence-corrected chi connectivity index (χ3v) is 5.07. The van der Waals surface area contributed by atoms with Gasteiger partial charge in [-0.3, -0.25) is 9.59 Å². The summed E-state index contributed by atoms with van der Waals surface area (Å²) in [5, 5.41) is 1.45. The fraction of sp³-hybridized carbons (Fsp3) is 0.261. The lowest BCUT2D eigenvalue weighted by Crippen LogP contribution is -2.35. The number of rotatable bonds is 7. The first-order chi connectivity index (χ1) is 14.5. The minimum absolute atomic E-state index is 0.0915. The zero-order chi connectivity index (χ0) is 21.1. The highest BCUT2D eigenvalue weighted by molar-refractivity contribution is 5.88. The van der Waals surface area contributed by atoms with Gasteiger partial charge in [-0.2, -0.15) is 0 Å². The van der Waals surface area contributed by atoms with Gasteiger partial charge >= 0.3 is 0 Å². The molecule has 7 nitrogen and oxygen atoms in total. The number of carbonyl (C=O) groups is 1. The van der Waals surface area contributed by atoms with Gasteiger partial charge in [0, 0.05) is 24.6 Å².